The quantitative estimate of drug-likeness (QED) is 0.620. The van der Waals surface area contributed by atoms with Gasteiger partial charge >= 0.3 is 0 Å². The molecule has 0 saturated carbocycles. The molecule has 0 amide bonds. The van der Waals surface area contributed by atoms with E-state index in [1.807, 2.05) is 6.20 Å². The van der Waals surface area contributed by atoms with Gasteiger partial charge in [-0.3, -0.25) is 0 Å². The van der Waals surface area contributed by atoms with Gasteiger partial charge in [0.1, 0.15) is 0 Å². The number of hydrogen-bond acceptors (Lipinski definition) is 6. The molecule has 1 aliphatic rings. The molecule has 1 unspecified atom stereocenters. The van der Waals surface area contributed by atoms with E-state index in [-0.39, 0.29) is 18.2 Å². The van der Waals surface area contributed by atoms with Gasteiger partial charge in [-0.15, -0.1) is 11.3 Å². The Morgan fingerprint density at radius 2 is 2.19 bits per heavy atom. The number of aliphatic hydroxyl groups is 1. The van der Waals surface area contributed by atoms with Crippen molar-refractivity contribution in [3.05, 3.63) is 41.0 Å². The first kappa shape index (κ1) is 19.8. The second-order valence-corrected chi connectivity index (χ2v) is 9.20. The molecule has 0 aliphatic carbocycles. The van der Waals surface area contributed by atoms with Gasteiger partial charge in [-0.1, -0.05) is 6.58 Å². The summed E-state index contributed by atoms with van der Waals surface area (Å²) in [5, 5.41) is 15.9. The van der Waals surface area contributed by atoms with Crippen LogP contribution in [0.15, 0.2) is 30.6 Å². The van der Waals surface area contributed by atoms with E-state index in [1.165, 1.54) is 9.75 Å². The van der Waals surface area contributed by atoms with Gasteiger partial charge in [-0.05, 0) is 64.2 Å². The third kappa shape index (κ3) is 5.30. The van der Waals surface area contributed by atoms with Crippen LogP contribution in [0.1, 0.15) is 50.0 Å². The van der Waals surface area contributed by atoms with Gasteiger partial charge in [-0.2, -0.15) is 0 Å². The number of anilines is 1. The molecule has 1 atom stereocenters. The fraction of sp³-hybridized carbons (Fsp3) is 0.524. The Bertz CT molecular complexity index is 799. The Morgan fingerprint density at radius 1 is 1.37 bits per heavy atom. The van der Waals surface area contributed by atoms with Crippen LogP contribution in [0.25, 0.3) is 10.6 Å². The minimum absolute atomic E-state index is 0.0255. The largest absolute Gasteiger partial charge is 0.396 e. The van der Waals surface area contributed by atoms with Crippen LogP contribution in [0.5, 0.6) is 0 Å². The predicted octanol–water partition coefficient (Wildman–Crippen LogP) is 4.28. The molecule has 5 nitrogen and oxygen atoms in total. The number of aryl methyl sites for hydroxylation is 2. The summed E-state index contributed by atoms with van der Waals surface area (Å²) < 4.78 is 0. The van der Waals surface area contributed by atoms with Crippen molar-refractivity contribution in [2.45, 2.75) is 64.5 Å². The van der Waals surface area contributed by atoms with Crippen molar-refractivity contribution in [3.63, 3.8) is 0 Å². The van der Waals surface area contributed by atoms with Crippen LogP contribution in [0.2, 0.25) is 0 Å². The van der Waals surface area contributed by atoms with Crippen molar-refractivity contribution in [1.29, 1.82) is 0 Å². The van der Waals surface area contributed by atoms with Gasteiger partial charge in [0, 0.05) is 41.4 Å². The Labute approximate surface area is 166 Å². The predicted molar refractivity (Wildman–Crippen MR) is 113 cm³/mol. The Balaban J connectivity index is 1.74. The Morgan fingerprint density at radius 3 is 2.93 bits per heavy atom. The zero-order valence-electron chi connectivity index (χ0n) is 16.5. The molecule has 27 heavy (non-hydrogen) atoms. The summed E-state index contributed by atoms with van der Waals surface area (Å²) in [6, 6.07) is 4.60. The van der Waals surface area contributed by atoms with Gasteiger partial charge < -0.3 is 15.7 Å². The highest BCUT2D eigenvalue weighted by Crippen LogP contribution is 2.31. The maximum atomic E-state index is 8.95. The molecule has 1 saturated heterocycles. The van der Waals surface area contributed by atoms with Crippen molar-refractivity contribution >= 4 is 17.3 Å². The van der Waals surface area contributed by atoms with Crippen molar-refractivity contribution in [2.75, 3.05) is 11.9 Å². The molecule has 6 heteroatoms. The monoisotopic (exact) mass is 386 g/mol. The summed E-state index contributed by atoms with van der Waals surface area (Å²) >= 11 is 1.78. The lowest BCUT2D eigenvalue weighted by molar-refractivity contribution is 0.285. The molecule has 0 radical (unpaired) electrons. The van der Waals surface area contributed by atoms with E-state index < -0.39 is 0 Å². The van der Waals surface area contributed by atoms with Crippen LogP contribution < -0.4 is 10.6 Å². The van der Waals surface area contributed by atoms with E-state index in [0.717, 1.165) is 49.1 Å². The summed E-state index contributed by atoms with van der Waals surface area (Å²) in [6.07, 6.45) is 6.65. The standard InChI is InChI=1S/C21H30N4OS/c1-14-13-22-20(23-16-11-15(2)25-21(3,4)12-16)24-19(14)18-9-8-17(27-18)7-5-6-10-26/h8-9,13,16,25-26H,2,5-7,10-12H2,1,3-4H3,(H,22,23,24). The molecule has 1 aliphatic heterocycles. The lowest BCUT2D eigenvalue weighted by atomic mass is 9.88. The normalized spacial score (nSPS) is 19.0. The van der Waals surface area contributed by atoms with Crippen LogP contribution in [0.4, 0.5) is 5.95 Å². The first-order chi connectivity index (χ1) is 12.9. The molecule has 0 aromatic carbocycles. The third-order valence-corrected chi connectivity index (χ3v) is 5.95. The number of rotatable bonds is 7. The molecular formula is C21H30N4OS. The highest BCUT2D eigenvalue weighted by Gasteiger charge is 2.29. The molecule has 0 spiro atoms. The first-order valence-corrected chi connectivity index (χ1v) is 10.4. The van der Waals surface area contributed by atoms with Crippen molar-refractivity contribution in [1.82, 2.24) is 15.3 Å². The summed E-state index contributed by atoms with van der Waals surface area (Å²) in [7, 11) is 0. The lowest BCUT2D eigenvalue weighted by Gasteiger charge is -2.38. The van der Waals surface area contributed by atoms with Crippen LogP contribution in [0.3, 0.4) is 0 Å². The topological polar surface area (TPSA) is 70.1 Å². The number of thiophene rings is 1. The maximum Gasteiger partial charge on any atom is 0.223 e. The third-order valence-electron chi connectivity index (χ3n) is 4.80. The van der Waals surface area contributed by atoms with E-state index in [0.29, 0.717) is 5.95 Å². The Kier molecular flexibility index (Phi) is 6.17. The van der Waals surface area contributed by atoms with Crippen LogP contribution in [-0.2, 0) is 6.42 Å². The summed E-state index contributed by atoms with van der Waals surface area (Å²) in [4.78, 5) is 11.8. The second-order valence-electron chi connectivity index (χ2n) is 8.03. The van der Waals surface area contributed by atoms with Crippen molar-refractivity contribution in [2.24, 2.45) is 0 Å². The highest BCUT2D eigenvalue weighted by molar-refractivity contribution is 7.15. The average molecular weight is 387 g/mol. The minimum atomic E-state index is 0.0255. The molecule has 0 bridgehead atoms. The fourth-order valence-electron chi connectivity index (χ4n) is 3.66. The number of unbranched alkanes of at least 4 members (excludes halogenated alkanes) is 1. The van der Waals surface area contributed by atoms with E-state index >= 15 is 0 Å². The molecule has 2 aromatic rings. The van der Waals surface area contributed by atoms with Crippen LogP contribution >= 0.6 is 11.3 Å². The zero-order chi connectivity index (χ0) is 19.4. The number of aromatic nitrogens is 2. The minimum Gasteiger partial charge on any atom is -0.396 e. The molecular weight excluding hydrogens is 356 g/mol. The van der Waals surface area contributed by atoms with Gasteiger partial charge in [0.15, 0.2) is 0 Å². The van der Waals surface area contributed by atoms with Crippen molar-refractivity contribution < 1.29 is 5.11 Å². The summed E-state index contributed by atoms with van der Waals surface area (Å²) in [5.41, 5.74) is 3.16. The number of aliphatic hydroxyl groups excluding tert-OH is 1. The van der Waals surface area contributed by atoms with E-state index in [1.54, 1.807) is 11.3 Å². The molecule has 3 N–H and O–H groups in total. The van der Waals surface area contributed by atoms with E-state index in [2.05, 4.69) is 55.1 Å². The summed E-state index contributed by atoms with van der Waals surface area (Å²) in [5.74, 6) is 0.682. The highest BCUT2D eigenvalue weighted by atomic mass is 32.1. The number of nitrogens with one attached hydrogen (secondary N) is 2. The number of piperidine rings is 1. The number of hydrogen-bond donors (Lipinski definition) is 3. The fourth-order valence-corrected chi connectivity index (χ4v) is 4.77. The lowest BCUT2D eigenvalue weighted by Crippen LogP contribution is -2.48. The van der Waals surface area contributed by atoms with Gasteiger partial charge in [0.2, 0.25) is 5.95 Å². The smallest absolute Gasteiger partial charge is 0.223 e. The second kappa shape index (κ2) is 8.40. The average Bonchev–Trinajstić information content (AvgIpc) is 3.03. The van der Waals surface area contributed by atoms with E-state index in [4.69, 9.17) is 10.1 Å². The van der Waals surface area contributed by atoms with Crippen LogP contribution in [0, 0.1) is 6.92 Å². The summed E-state index contributed by atoms with van der Waals surface area (Å²) in [6.45, 7) is 10.8. The Hall–Kier alpha value is -1.92. The molecule has 3 heterocycles. The van der Waals surface area contributed by atoms with Gasteiger partial charge in [0.05, 0.1) is 10.6 Å². The molecule has 2 aromatic heterocycles. The molecule has 146 valence electrons. The zero-order valence-corrected chi connectivity index (χ0v) is 17.3. The number of nitrogens with zero attached hydrogens (tertiary/aromatic N) is 2. The maximum absolute atomic E-state index is 8.95. The SMILES string of the molecule is C=C1CC(Nc2ncc(C)c(-c3ccc(CCCCO)s3)n2)CC(C)(C)N1. The molecule has 3 rings (SSSR count). The molecule has 1 fully saturated rings. The van der Waals surface area contributed by atoms with Crippen LogP contribution in [-0.4, -0.2) is 33.3 Å². The van der Waals surface area contributed by atoms with E-state index in [9.17, 15) is 0 Å². The van der Waals surface area contributed by atoms with Crippen molar-refractivity contribution in [3.8, 4) is 10.6 Å². The van der Waals surface area contributed by atoms with Gasteiger partial charge in [-0.25, -0.2) is 9.97 Å². The first-order valence-electron chi connectivity index (χ1n) is 9.62. The van der Waals surface area contributed by atoms with Gasteiger partial charge in [0.25, 0.3) is 0 Å².